The van der Waals surface area contributed by atoms with Gasteiger partial charge in [0, 0.05) is 0 Å². The van der Waals surface area contributed by atoms with Gasteiger partial charge >= 0.3 is 6.18 Å². The first kappa shape index (κ1) is 15.0. The van der Waals surface area contributed by atoms with E-state index in [-0.39, 0.29) is 6.54 Å². The van der Waals surface area contributed by atoms with E-state index in [2.05, 4.69) is 5.32 Å². The molecular weight excluding hydrogens is 245 g/mol. The molecule has 0 aromatic carbocycles. The van der Waals surface area contributed by atoms with Crippen LogP contribution in [0.3, 0.4) is 0 Å². The van der Waals surface area contributed by atoms with Gasteiger partial charge in [-0.1, -0.05) is 6.92 Å². The van der Waals surface area contributed by atoms with Crippen LogP contribution in [0, 0.1) is 6.92 Å². The van der Waals surface area contributed by atoms with Crippen molar-refractivity contribution in [1.29, 1.82) is 0 Å². The van der Waals surface area contributed by atoms with Gasteiger partial charge < -0.3 is 9.73 Å². The fourth-order valence-corrected chi connectivity index (χ4v) is 1.71. The maximum absolute atomic E-state index is 12.2. The van der Waals surface area contributed by atoms with Gasteiger partial charge in [0.05, 0.1) is 19.6 Å². The van der Waals surface area contributed by atoms with Crippen LogP contribution in [-0.4, -0.2) is 31.2 Å². The van der Waals surface area contributed by atoms with E-state index in [1.807, 2.05) is 13.8 Å². The third-order valence-electron chi connectivity index (χ3n) is 2.48. The maximum Gasteiger partial charge on any atom is 0.401 e. The van der Waals surface area contributed by atoms with Crippen LogP contribution in [0.2, 0.25) is 0 Å². The molecule has 1 rings (SSSR count). The fourth-order valence-electron chi connectivity index (χ4n) is 1.71. The second-order valence-corrected chi connectivity index (χ2v) is 4.39. The summed E-state index contributed by atoms with van der Waals surface area (Å²) in [5.41, 5.74) is 0.964. The molecule has 0 aliphatic rings. The Morgan fingerprint density at radius 3 is 2.61 bits per heavy atom. The van der Waals surface area contributed by atoms with Crippen molar-refractivity contribution in [3.63, 3.8) is 0 Å². The lowest BCUT2D eigenvalue weighted by Gasteiger charge is -2.16. The normalized spacial score (nSPS) is 12.4. The molecule has 6 heteroatoms. The predicted molar refractivity (Wildman–Crippen MR) is 63.2 cm³/mol. The van der Waals surface area contributed by atoms with Crippen molar-refractivity contribution in [1.82, 2.24) is 10.2 Å². The smallest absolute Gasteiger partial charge is 0.401 e. The number of nitrogens with one attached hydrogen (secondary N) is 1. The van der Waals surface area contributed by atoms with Gasteiger partial charge in [-0.2, -0.15) is 13.2 Å². The highest BCUT2D eigenvalue weighted by atomic mass is 19.4. The van der Waals surface area contributed by atoms with Crippen LogP contribution in [-0.2, 0) is 13.1 Å². The summed E-state index contributed by atoms with van der Waals surface area (Å²) >= 11 is 0. The Morgan fingerprint density at radius 2 is 2.06 bits per heavy atom. The highest BCUT2D eigenvalue weighted by Crippen LogP contribution is 2.19. The summed E-state index contributed by atoms with van der Waals surface area (Å²) in [7, 11) is 1.43. The van der Waals surface area contributed by atoms with Gasteiger partial charge in [0.25, 0.3) is 0 Å². The highest BCUT2D eigenvalue weighted by molar-refractivity contribution is 5.20. The fraction of sp³-hybridized carbons (Fsp3) is 0.667. The maximum atomic E-state index is 12.2. The summed E-state index contributed by atoms with van der Waals surface area (Å²) in [6, 6.07) is 1.79. The molecule has 1 aromatic rings. The van der Waals surface area contributed by atoms with E-state index in [1.54, 1.807) is 6.07 Å². The molecule has 1 heterocycles. The Bertz CT molecular complexity index is 374. The predicted octanol–water partition coefficient (Wildman–Crippen LogP) is 2.69. The zero-order valence-corrected chi connectivity index (χ0v) is 10.9. The van der Waals surface area contributed by atoms with Crippen LogP contribution in [0.5, 0.6) is 0 Å². The van der Waals surface area contributed by atoms with Gasteiger partial charge in [-0.3, -0.25) is 4.90 Å². The number of rotatable bonds is 6. The molecule has 0 bridgehead atoms. The van der Waals surface area contributed by atoms with Gasteiger partial charge in [-0.15, -0.1) is 0 Å². The average molecular weight is 264 g/mol. The van der Waals surface area contributed by atoms with Crippen molar-refractivity contribution < 1.29 is 17.6 Å². The third-order valence-corrected chi connectivity index (χ3v) is 2.48. The Kier molecular flexibility index (Phi) is 5.22. The summed E-state index contributed by atoms with van der Waals surface area (Å²) in [5.74, 6) is 1.35. The first-order valence-electron chi connectivity index (χ1n) is 5.86. The van der Waals surface area contributed by atoms with E-state index < -0.39 is 12.7 Å². The lowest BCUT2D eigenvalue weighted by Crippen LogP contribution is -2.30. The van der Waals surface area contributed by atoms with E-state index in [4.69, 9.17) is 4.42 Å². The molecule has 0 aliphatic carbocycles. The van der Waals surface area contributed by atoms with Crippen molar-refractivity contribution in [2.75, 3.05) is 20.1 Å². The van der Waals surface area contributed by atoms with E-state index in [9.17, 15) is 13.2 Å². The first-order chi connectivity index (χ1) is 8.31. The largest absolute Gasteiger partial charge is 0.463 e. The molecule has 18 heavy (non-hydrogen) atoms. The van der Waals surface area contributed by atoms with E-state index in [1.165, 1.54) is 11.9 Å². The standard InChI is InChI=1S/C12H19F3N2O/c1-4-16-6-11-9(2)5-10(18-11)7-17(3)8-12(13,14)15/h5,16H,4,6-8H2,1-3H3. The molecule has 1 N–H and O–H groups in total. The van der Waals surface area contributed by atoms with Crippen molar-refractivity contribution in [3.05, 3.63) is 23.2 Å². The molecule has 104 valence electrons. The van der Waals surface area contributed by atoms with Crippen molar-refractivity contribution in [2.24, 2.45) is 0 Å². The van der Waals surface area contributed by atoms with Gasteiger partial charge in [-0.05, 0) is 32.1 Å². The topological polar surface area (TPSA) is 28.4 Å². The van der Waals surface area contributed by atoms with Gasteiger partial charge in [0.1, 0.15) is 11.5 Å². The number of halogens is 3. The van der Waals surface area contributed by atoms with Gasteiger partial charge in [0.2, 0.25) is 0 Å². The van der Waals surface area contributed by atoms with E-state index >= 15 is 0 Å². The van der Waals surface area contributed by atoms with Crippen LogP contribution in [0.1, 0.15) is 24.0 Å². The number of furan rings is 1. The lowest BCUT2D eigenvalue weighted by atomic mass is 10.2. The first-order valence-corrected chi connectivity index (χ1v) is 5.86. The Morgan fingerprint density at radius 1 is 1.39 bits per heavy atom. The molecule has 0 saturated heterocycles. The minimum atomic E-state index is -4.18. The van der Waals surface area contributed by atoms with Crippen LogP contribution < -0.4 is 5.32 Å². The summed E-state index contributed by atoms with van der Waals surface area (Å²) < 4.78 is 42.1. The summed E-state index contributed by atoms with van der Waals surface area (Å²) in [6.07, 6.45) is -4.18. The molecule has 1 aromatic heterocycles. The summed E-state index contributed by atoms with van der Waals surface area (Å²) in [4.78, 5) is 1.19. The lowest BCUT2D eigenvalue weighted by molar-refractivity contribution is -0.144. The van der Waals surface area contributed by atoms with Crippen LogP contribution in [0.15, 0.2) is 10.5 Å². The van der Waals surface area contributed by atoms with Crippen LogP contribution >= 0.6 is 0 Å². The molecule has 0 saturated carbocycles. The zero-order chi connectivity index (χ0) is 13.8. The second-order valence-electron chi connectivity index (χ2n) is 4.39. The monoisotopic (exact) mass is 264 g/mol. The molecule has 0 unspecified atom stereocenters. The molecule has 0 radical (unpaired) electrons. The average Bonchev–Trinajstić information content (AvgIpc) is 2.52. The number of alkyl halides is 3. The molecule has 3 nitrogen and oxygen atoms in total. The summed E-state index contributed by atoms with van der Waals surface area (Å²) in [5, 5.41) is 3.12. The summed E-state index contributed by atoms with van der Waals surface area (Å²) in [6.45, 7) is 4.52. The van der Waals surface area contributed by atoms with Crippen molar-refractivity contribution in [2.45, 2.75) is 33.1 Å². The number of hydrogen-bond acceptors (Lipinski definition) is 3. The molecule has 0 aliphatic heterocycles. The quantitative estimate of drug-likeness (QED) is 0.856. The number of aryl methyl sites for hydroxylation is 1. The van der Waals surface area contributed by atoms with Crippen LogP contribution in [0.25, 0.3) is 0 Å². The molecule has 0 spiro atoms. The SMILES string of the molecule is CCNCc1oc(CN(C)CC(F)(F)F)cc1C. The number of nitrogens with zero attached hydrogens (tertiary/aromatic N) is 1. The minimum absolute atomic E-state index is 0.159. The Balaban J connectivity index is 2.57. The second kappa shape index (κ2) is 6.24. The van der Waals surface area contributed by atoms with Gasteiger partial charge in [-0.25, -0.2) is 0 Å². The van der Waals surface area contributed by atoms with Crippen LogP contribution in [0.4, 0.5) is 13.2 Å². The minimum Gasteiger partial charge on any atom is -0.463 e. The Labute approximate surface area is 105 Å². The van der Waals surface area contributed by atoms with Crippen molar-refractivity contribution >= 4 is 0 Å². The molecule has 0 atom stereocenters. The molecular formula is C12H19F3N2O. The molecule has 0 fully saturated rings. The number of hydrogen-bond donors (Lipinski definition) is 1. The Hall–Kier alpha value is -1.01. The highest BCUT2D eigenvalue weighted by Gasteiger charge is 2.29. The van der Waals surface area contributed by atoms with E-state index in [0.29, 0.717) is 12.3 Å². The van der Waals surface area contributed by atoms with E-state index in [0.717, 1.165) is 17.9 Å². The van der Waals surface area contributed by atoms with Crippen molar-refractivity contribution in [3.8, 4) is 0 Å². The van der Waals surface area contributed by atoms with Gasteiger partial charge in [0.15, 0.2) is 0 Å². The molecule has 0 amide bonds. The third kappa shape index (κ3) is 5.10. The zero-order valence-electron chi connectivity index (χ0n) is 10.9.